The van der Waals surface area contributed by atoms with Gasteiger partial charge in [0.05, 0.1) is 21.7 Å². The Morgan fingerprint density at radius 3 is 2.64 bits per heavy atom. The van der Waals surface area contributed by atoms with E-state index >= 15 is 0 Å². The number of aryl methyl sites for hydroxylation is 1. The van der Waals surface area contributed by atoms with E-state index in [1.807, 2.05) is 25.1 Å². The van der Waals surface area contributed by atoms with Crippen LogP contribution in [0.2, 0.25) is 0 Å². The van der Waals surface area contributed by atoms with E-state index in [1.165, 1.54) is 23.5 Å². The summed E-state index contributed by atoms with van der Waals surface area (Å²) in [6.45, 7) is 3.95. The second-order valence-electron chi connectivity index (χ2n) is 5.74. The molecule has 0 saturated heterocycles. The number of ether oxygens (including phenoxy) is 1. The number of carbonyl (C=O) groups excluding carboxylic acids is 2. The van der Waals surface area contributed by atoms with E-state index < -0.39 is 16.8 Å². The standard InChI is InChI=1S/C18H17N3O5S2/c1-3-11-5-6-12-14(9-11)28-18(20(12)10-16(22)26-4-2)19-17(23)13-7-8-15(27-13)21(24)25/h5-9H,3-4,10H2,1-2H3. The maximum absolute atomic E-state index is 12.5. The van der Waals surface area contributed by atoms with Crippen LogP contribution in [0.25, 0.3) is 10.2 Å². The molecule has 0 aliphatic heterocycles. The van der Waals surface area contributed by atoms with Crippen LogP contribution in [0.15, 0.2) is 35.3 Å². The maximum atomic E-state index is 12.5. The molecule has 0 saturated carbocycles. The summed E-state index contributed by atoms with van der Waals surface area (Å²) in [4.78, 5) is 39.5. The zero-order valence-electron chi connectivity index (χ0n) is 15.2. The maximum Gasteiger partial charge on any atom is 0.326 e. The highest BCUT2D eigenvalue weighted by Crippen LogP contribution is 2.25. The summed E-state index contributed by atoms with van der Waals surface area (Å²) in [7, 11) is 0. The highest BCUT2D eigenvalue weighted by Gasteiger charge is 2.17. The summed E-state index contributed by atoms with van der Waals surface area (Å²) in [5, 5.41) is 10.7. The largest absolute Gasteiger partial charge is 0.465 e. The number of amides is 1. The van der Waals surface area contributed by atoms with Crippen LogP contribution < -0.4 is 4.80 Å². The van der Waals surface area contributed by atoms with Crippen LogP contribution in [0.4, 0.5) is 5.00 Å². The van der Waals surface area contributed by atoms with Gasteiger partial charge in [0.15, 0.2) is 4.80 Å². The second-order valence-corrected chi connectivity index (χ2v) is 7.81. The zero-order chi connectivity index (χ0) is 20.3. The molecule has 3 aromatic rings. The van der Waals surface area contributed by atoms with E-state index in [0.717, 1.165) is 33.5 Å². The minimum atomic E-state index is -0.585. The monoisotopic (exact) mass is 419 g/mol. The van der Waals surface area contributed by atoms with Crippen molar-refractivity contribution < 1.29 is 19.2 Å². The predicted molar refractivity (Wildman–Crippen MR) is 107 cm³/mol. The lowest BCUT2D eigenvalue weighted by molar-refractivity contribution is -0.380. The number of rotatable bonds is 6. The van der Waals surface area contributed by atoms with E-state index in [0.29, 0.717) is 4.80 Å². The zero-order valence-corrected chi connectivity index (χ0v) is 16.8. The molecule has 0 bridgehead atoms. The average molecular weight is 419 g/mol. The quantitative estimate of drug-likeness (QED) is 0.345. The fraction of sp³-hybridized carbons (Fsp3) is 0.278. The number of nitro groups is 1. The number of aromatic nitrogens is 1. The molecule has 0 aliphatic rings. The molecular formula is C18H17N3O5S2. The van der Waals surface area contributed by atoms with E-state index in [2.05, 4.69) is 4.99 Å². The molecule has 0 spiro atoms. The summed E-state index contributed by atoms with van der Waals surface area (Å²) in [5.41, 5.74) is 1.91. The predicted octanol–water partition coefficient (Wildman–Crippen LogP) is 3.54. The van der Waals surface area contributed by atoms with Crippen LogP contribution in [0.3, 0.4) is 0 Å². The van der Waals surface area contributed by atoms with Crippen molar-refractivity contribution in [2.75, 3.05) is 6.61 Å². The fourth-order valence-electron chi connectivity index (χ4n) is 2.59. The molecule has 1 amide bonds. The summed E-state index contributed by atoms with van der Waals surface area (Å²) >= 11 is 2.06. The Morgan fingerprint density at radius 1 is 1.21 bits per heavy atom. The third-order valence-corrected chi connectivity index (χ3v) is 5.99. The first-order chi connectivity index (χ1) is 13.4. The number of hydrogen-bond acceptors (Lipinski definition) is 7. The average Bonchev–Trinajstić information content (AvgIpc) is 3.27. The first-order valence-corrected chi connectivity index (χ1v) is 10.2. The number of esters is 1. The number of thiophene rings is 1. The Labute approximate surface area is 167 Å². The molecule has 146 valence electrons. The molecule has 3 rings (SSSR count). The van der Waals surface area contributed by atoms with Gasteiger partial charge >= 0.3 is 11.0 Å². The Balaban J connectivity index is 2.08. The van der Waals surface area contributed by atoms with Crippen LogP contribution in [-0.2, 0) is 22.5 Å². The first kappa shape index (κ1) is 19.9. The molecule has 0 radical (unpaired) electrons. The Hall–Kier alpha value is -2.85. The van der Waals surface area contributed by atoms with Crippen molar-refractivity contribution in [3.05, 3.63) is 55.7 Å². The molecule has 0 N–H and O–H groups in total. The van der Waals surface area contributed by atoms with Crippen molar-refractivity contribution in [1.29, 1.82) is 0 Å². The topological polar surface area (TPSA) is 104 Å². The van der Waals surface area contributed by atoms with Crippen molar-refractivity contribution in [2.24, 2.45) is 4.99 Å². The Kier molecular flexibility index (Phi) is 6.00. The molecule has 0 aliphatic carbocycles. The van der Waals surface area contributed by atoms with Gasteiger partial charge in [-0.3, -0.25) is 19.7 Å². The molecule has 2 aromatic heterocycles. The van der Waals surface area contributed by atoms with Crippen LogP contribution in [0, 0.1) is 10.1 Å². The number of nitrogens with zero attached hydrogens (tertiary/aromatic N) is 3. The molecule has 10 heteroatoms. The second kappa shape index (κ2) is 8.44. The third kappa shape index (κ3) is 4.18. The van der Waals surface area contributed by atoms with E-state index in [-0.39, 0.29) is 23.0 Å². The Morgan fingerprint density at radius 2 is 2.00 bits per heavy atom. The lowest BCUT2D eigenvalue weighted by atomic mass is 10.2. The van der Waals surface area contributed by atoms with Crippen molar-refractivity contribution >= 4 is 49.8 Å². The van der Waals surface area contributed by atoms with Crippen LogP contribution in [0.1, 0.15) is 29.1 Å². The first-order valence-electron chi connectivity index (χ1n) is 8.54. The van der Waals surface area contributed by atoms with Gasteiger partial charge in [-0.1, -0.05) is 35.7 Å². The van der Waals surface area contributed by atoms with Crippen molar-refractivity contribution in [3.63, 3.8) is 0 Å². The highest BCUT2D eigenvalue weighted by atomic mass is 32.1. The lowest BCUT2D eigenvalue weighted by Gasteiger charge is -2.05. The smallest absolute Gasteiger partial charge is 0.326 e. The van der Waals surface area contributed by atoms with Crippen LogP contribution >= 0.6 is 22.7 Å². The SMILES string of the molecule is CCOC(=O)Cn1c(=NC(=O)c2ccc([N+](=O)[O-])s2)sc2cc(CC)ccc21. The van der Waals surface area contributed by atoms with Crippen LogP contribution in [0.5, 0.6) is 0 Å². The minimum Gasteiger partial charge on any atom is -0.465 e. The molecule has 0 atom stereocenters. The molecule has 0 unspecified atom stereocenters. The number of hydrogen-bond donors (Lipinski definition) is 0. The number of fused-ring (bicyclic) bond motifs is 1. The van der Waals surface area contributed by atoms with Gasteiger partial charge in [0, 0.05) is 6.07 Å². The molecule has 8 nitrogen and oxygen atoms in total. The van der Waals surface area contributed by atoms with Gasteiger partial charge in [0.2, 0.25) is 0 Å². The number of benzene rings is 1. The normalized spacial score (nSPS) is 11.7. The molecule has 2 heterocycles. The van der Waals surface area contributed by atoms with E-state index in [1.54, 1.807) is 11.5 Å². The van der Waals surface area contributed by atoms with Crippen LogP contribution in [-0.4, -0.2) is 28.0 Å². The summed E-state index contributed by atoms with van der Waals surface area (Å²) < 4.78 is 7.56. The Bertz CT molecular complexity index is 1130. The van der Waals surface area contributed by atoms with E-state index in [4.69, 9.17) is 4.74 Å². The van der Waals surface area contributed by atoms with Gasteiger partial charge in [-0.2, -0.15) is 4.99 Å². The summed E-state index contributed by atoms with van der Waals surface area (Å²) in [6.07, 6.45) is 0.857. The molecule has 28 heavy (non-hydrogen) atoms. The number of thiazole rings is 1. The van der Waals surface area contributed by atoms with Crippen molar-refractivity contribution in [2.45, 2.75) is 26.8 Å². The van der Waals surface area contributed by atoms with Gasteiger partial charge in [-0.15, -0.1) is 0 Å². The molecular weight excluding hydrogens is 402 g/mol. The highest BCUT2D eigenvalue weighted by molar-refractivity contribution is 7.17. The lowest BCUT2D eigenvalue weighted by Crippen LogP contribution is -2.23. The van der Waals surface area contributed by atoms with Gasteiger partial charge in [-0.25, -0.2) is 0 Å². The molecule has 1 aromatic carbocycles. The van der Waals surface area contributed by atoms with Crippen molar-refractivity contribution in [1.82, 2.24) is 4.57 Å². The van der Waals surface area contributed by atoms with Gasteiger partial charge in [0.1, 0.15) is 11.4 Å². The summed E-state index contributed by atoms with van der Waals surface area (Å²) in [5.74, 6) is -1.01. The van der Waals surface area contributed by atoms with E-state index in [9.17, 15) is 19.7 Å². The van der Waals surface area contributed by atoms with Gasteiger partial charge < -0.3 is 9.30 Å². The summed E-state index contributed by atoms with van der Waals surface area (Å²) in [6, 6.07) is 8.51. The van der Waals surface area contributed by atoms with Gasteiger partial charge in [-0.05, 0) is 37.1 Å². The number of carbonyl (C=O) groups is 2. The van der Waals surface area contributed by atoms with Gasteiger partial charge in [0.25, 0.3) is 5.91 Å². The minimum absolute atomic E-state index is 0.0734. The third-order valence-electron chi connectivity index (χ3n) is 3.93. The molecule has 0 fully saturated rings. The fourth-order valence-corrected chi connectivity index (χ4v) is 4.39. The van der Waals surface area contributed by atoms with Crippen molar-refractivity contribution in [3.8, 4) is 0 Å².